The highest BCUT2D eigenvalue weighted by Crippen LogP contribution is 2.31. The molecule has 0 aliphatic carbocycles. The Balaban J connectivity index is 1.75. The molecule has 0 bridgehead atoms. The first-order valence-corrected chi connectivity index (χ1v) is 10.1. The topological polar surface area (TPSA) is 77.2 Å². The maximum absolute atomic E-state index is 13.0. The van der Waals surface area contributed by atoms with Gasteiger partial charge in [0.15, 0.2) is 11.4 Å². The lowest BCUT2D eigenvalue weighted by Crippen LogP contribution is -2.27. The maximum Gasteiger partial charge on any atom is 0.416 e. The lowest BCUT2D eigenvalue weighted by Gasteiger charge is -2.17. The van der Waals surface area contributed by atoms with E-state index in [1.54, 1.807) is 10.9 Å². The molecule has 11 heteroatoms. The number of benzene rings is 1. The minimum atomic E-state index is -4.49. The monoisotopic (exact) mass is 450 g/mol. The molecule has 1 amide bonds. The van der Waals surface area contributed by atoms with Crippen LogP contribution in [0.15, 0.2) is 42.9 Å². The lowest BCUT2D eigenvalue weighted by molar-refractivity contribution is -0.137. The Morgan fingerprint density at radius 2 is 1.97 bits per heavy atom. The number of hydrogen-bond donors (Lipinski definition) is 1. The highest BCUT2D eigenvalue weighted by Gasteiger charge is 2.30. The van der Waals surface area contributed by atoms with Crippen molar-refractivity contribution in [2.75, 3.05) is 32.1 Å². The standard InChI is InChI=1S/C21H25F3N6O2/c1-4-28(5-2)9-10-29-13-16(12-25-29)26-20(31)19-18(32-3)14-30(27-19)17-8-6-7-15(11-17)21(22,23)24/h6-8,11-14H,4-5,9-10H2,1-3H3,(H,26,31). The zero-order valence-electron chi connectivity index (χ0n) is 18.1. The summed E-state index contributed by atoms with van der Waals surface area (Å²) in [6.45, 7) is 7.56. The van der Waals surface area contributed by atoms with Crippen LogP contribution < -0.4 is 10.1 Å². The number of rotatable bonds is 9. The normalized spacial score (nSPS) is 11.7. The number of anilines is 1. The van der Waals surface area contributed by atoms with Crippen molar-refractivity contribution in [3.05, 3.63) is 54.1 Å². The number of amides is 1. The van der Waals surface area contributed by atoms with Crippen LogP contribution in [0.1, 0.15) is 29.9 Å². The van der Waals surface area contributed by atoms with Crippen molar-refractivity contribution in [3.63, 3.8) is 0 Å². The van der Waals surface area contributed by atoms with Gasteiger partial charge in [0.2, 0.25) is 0 Å². The van der Waals surface area contributed by atoms with E-state index >= 15 is 0 Å². The average molecular weight is 450 g/mol. The van der Waals surface area contributed by atoms with E-state index in [4.69, 9.17) is 4.74 Å². The first kappa shape index (κ1) is 23.3. The van der Waals surface area contributed by atoms with Gasteiger partial charge < -0.3 is 15.0 Å². The van der Waals surface area contributed by atoms with Crippen molar-refractivity contribution in [2.45, 2.75) is 26.6 Å². The van der Waals surface area contributed by atoms with Crippen LogP contribution in [0.5, 0.6) is 5.75 Å². The van der Waals surface area contributed by atoms with E-state index in [0.29, 0.717) is 12.2 Å². The van der Waals surface area contributed by atoms with E-state index in [9.17, 15) is 18.0 Å². The molecule has 0 atom stereocenters. The molecule has 1 aromatic carbocycles. The van der Waals surface area contributed by atoms with Crippen LogP contribution in [0.2, 0.25) is 0 Å². The summed E-state index contributed by atoms with van der Waals surface area (Å²) >= 11 is 0. The number of halogens is 3. The Morgan fingerprint density at radius 1 is 1.22 bits per heavy atom. The number of carbonyl (C=O) groups excluding carboxylic acids is 1. The Morgan fingerprint density at radius 3 is 2.62 bits per heavy atom. The van der Waals surface area contributed by atoms with Crippen molar-refractivity contribution in [1.82, 2.24) is 24.5 Å². The number of alkyl halides is 3. The number of carbonyl (C=O) groups is 1. The summed E-state index contributed by atoms with van der Waals surface area (Å²) < 4.78 is 47.2. The van der Waals surface area contributed by atoms with Gasteiger partial charge in [0.1, 0.15) is 0 Å². The minimum Gasteiger partial charge on any atom is -0.493 e. The SMILES string of the molecule is CCN(CC)CCn1cc(NC(=O)c2nn(-c3cccc(C(F)(F)F)c3)cc2OC)cn1. The van der Waals surface area contributed by atoms with Crippen molar-refractivity contribution >= 4 is 11.6 Å². The highest BCUT2D eigenvalue weighted by atomic mass is 19.4. The van der Waals surface area contributed by atoms with Crippen LogP contribution in [0, 0.1) is 0 Å². The summed E-state index contributed by atoms with van der Waals surface area (Å²) in [6.07, 6.45) is 0.102. The number of nitrogens with one attached hydrogen (secondary N) is 1. The average Bonchev–Trinajstić information content (AvgIpc) is 3.41. The van der Waals surface area contributed by atoms with Gasteiger partial charge in [-0.25, -0.2) is 4.68 Å². The number of hydrogen-bond acceptors (Lipinski definition) is 5. The minimum absolute atomic E-state index is 0.0548. The highest BCUT2D eigenvalue weighted by molar-refractivity contribution is 6.04. The predicted molar refractivity (Wildman–Crippen MR) is 113 cm³/mol. The summed E-state index contributed by atoms with van der Waals surface area (Å²) in [7, 11) is 1.36. The Bertz CT molecular complexity index is 1060. The molecule has 2 heterocycles. The summed E-state index contributed by atoms with van der Waals surface area (Å²) in [6, 6.07) is 4.66. The lowest BCUT2D eigenvalue weighted by atomic mass is 10.2. The van der Waals surface area contributed by atoms with Crippen LogP contribution in [0.25, 0.3) is 5.69 Å². The third kappa shape index (κ3) is 5.47. The quantitative estimate of drug-likeness (QED) is 0.538. The molecule has 32 heavy (non-hydrogen) atoms. The van der Waals surface area contributed by atoms with Gasteiger partial charge in [0.05, 0.1) is 43.0 Å². The van der Waals surface area contributed by atoms with Crippen LogP contribution in [0.3, 0.4) is 0 Å². The fraction of sp³-hybridized carbons (Fsp3) is 0.381. The van der Waals surface area contributed by atoms with E-state index in [-0.39, 0.29) is 17.1 Å². The molecule has 0 fully saturated rings. The molecule has 0 unspecified atom stereocenters. The van der Waals surface area contributed by atoms with E-state index in [1.807, 2.05) is 0 Å². The smallest absolute Gasteiger partial charge is 0.416 e. The van der Waals surface area contributed by atoms with Gasteiger partial charge in [-0.2, -0.15) is 23.4 Å². The van der Waals surface area contributed by atoms with Gasteiger partial charge in [-0.3, -0.25) is 9.48 Å². The van der Waals surface area contributed by atoms with Gasteiger partial charge in [-0.05, 0) is 31.3 Å². The number of likely N-dealkylation sites (N-methyl/N-ethyl adjacent to an activating group) is 1. The molecule has 3 aromatic rings. The van der Waals surface area contributed by atoms with Crippen molar-refractivity contribution in [1.29, 1.82) is 0 Å². The second-order valence-electron chi connectivity index (χ2n) is 7.01. The van der Waals surface area contributed by atoms with Gasteiger partial charge in [0, 0.05) is 12.7 Å². The number of methoxy groups -OCH3 is 1. The Labute approximate surface area is 183 Å². The summed E-state index contributed by atoms with van der Waals surface area (Å²) in [5.41, 5.74) is -0.236. The van der Waals surface area contributed by atoms with Gasteiger partial charge in [-0.1, -0.05) is 19.9 Å². The molecule has 0 spiro atoms. The number of ether oxygens (including phenoxy) is 1. The molecule has 8 nitrogen and oxygen atoms in total. The zero-order valence-corrected chi connectivity index (χ0v) is 18.1. The number of nitrogens with zero attached hydrogens (tertiary/aromatic N) is 5. The van der Waals surface area contributed by atoms with Crippen molar-refractivity contribution in [3.8, 4) is 11.4 Å². The summed E-state index contributed by atoms with van der Waals surface area (Å²) in [4.78, 5) is 15.0. The molecule has 1 N–H and O–H groups in total. The molecule has 0 aliphatic rings. The van der Waals surface area contributed by atoms with E-state index in [1.165, 1.54) is 36.3 Å². The van der Waals surface area contributed by atoms with Gasteiger partial charge in [-0.15, -0.1) is 0 Å². The molecule has 172 valence electrons. The Kier molecular flexibility index (Phi) is 7.18. The molecule has 0 saturated heterocycles. The zero-order chi connectivity index (χ0) is 23.3. The van der Waals surface area contributed by atoms with Crippen molar-refractivity contribution in [2.24, 2.45) is 0 Å². The van der Waals surface area contributed by atoms with Crippen molar-refractivity contribution < 1.29 is 22.7 Å². The fourth-order valence-corrected chi connectivity index (χ4v) is 3.15. The molecule has 0 radical (unpaired) electrons. The first-order chi connectivity index (χ1) is 15.2. The predicted octanol–water partition coefficient (Wildman–Crippen LogP) is 3.69. The molecular formula is C21H25F3N6O2. The summed E-state index contributed by atoms with van der Waals surface area (Å²) in [5.74, 6) is -0.426. The second-order valence-corrected chi connectivity index (χ2v) is 7.01. The first-order valence-electron chi connectivity index (χ1n) is 10.1. The molecule has 0 saturated carbocycles. The molecule has 3 rings (SSSR count). The molecule has 2 aromatic heterocycles. The summed E-state index contributed by atoms with van der Waals surface area (Å²) in [5, 5.41) is 11.1. The molecule has 0 aliphatic heterocycles. The maximum atomic E-state index is 13.0. The third-order valence-corrected chi connectivity index (χ3v) is 4.98. The van der Waals surface area contributed by atoms with E-state index in [2.05, 4.69) is 34.3 Å². The Hall–Kier alpha value is -3.34. The number of aromatic nitrogens is 4. The van der Waals surface area contributed by atoms with Crippen LogP contribution in [-0.2, 0) is 12.7 Å². The van der Waals surface area contributed by atoms with Gasteiger partial charge >= 0.3 is 6.18 Å². The van der Waals surface area contributed by atoms with E-state index < -0.39 is 17.6 Å². The third-order valence-electron chi connectivity index (χ3n) is 4.98. The van der Waals surface area contributed by atoms with E-state index in [0.717, 1.165) is 31.8 Å². The second kappa shape index (κ2) is 9.86. The van der Waals surface area contributed by atoms with Crippen LogP contribution >= 0.6 is 0 Å². The molecular weight excluding hydrogens is 425 g/mol. The van der Waals surface area contributed by atoms with Crippen LogP contribution in [-0.4, -0.2) is 57.1 Å². The largest absolute Gasteiger partial charge is 0.493 e. The van der Waals surface area contributed by atoms with Crippen LogP contribution in [0.4, 0.5) is 18.9 Å². The van der Waals surface area contributed by atoms with Gasteiger partial charge in [0.25, 0.3) is 5.91 Å². The fourth-order valence-electron chi connectivity index (χ4n) is 3.15.